The summed E-state index contributed by atoms with van der Waals surface area (Å²) < 4.78 is 0. The maximum atomic E-state index is 12.7. The van der Waals surface area contributed by atoms with E-state index < -0.39 is 0 Å². The van der Waals surface area contributed by atoms with Crippen LogP contribution in [0, 0.1) is 22.7 Å². The van der Waals surface area contributed by atoms with Gasteiger partial charge in [-0.15, -0.1) is 0 Å². The number of carbonyl (C=O) groups excluding carboxylic acids is 1. The molecule has 1 N–H and O–H groups in total. The highest BCUT2D eigenvalue weighted by Gasteiger charge is 2.58. The van der Waals surface area contributed by atoms with Crippen LogP contribution >= 0.6 is 0 Å². The quantitative estimate of drug-likeness (QED) is 0.343. The molecule has 0 aromatic rings. The van der Waals surface area contributed by atoms with Crippen molar-refractivity contribution in [3.05, 3.63) is 10.4 Å². The minimum Gasteiger partial charge on any atom is -0.356 e. The van der Waals surface area contributed by atoms with Crippen molar-refractivity contribution in [2.75, 3.05) is 13.1 Å². The van der Waals surface area contributed by atoms with Gasteiger partial charge in [-0.05, 0) is 74.1 Å². The van der Waals surface area contributed by atoms with Gasteiger partial charge in [0.05, 0.1) is 5.41 Å². The monoisotopic (exact) mass is 290 g/mol. The van der Waals surface area contributed by atoms with E-state index >= 15 is 0 Å². The Balaban J connectivity index is 1.53. The molecule has 4 rings (SSSR count). The number of rotatable bonds is 6. The molecule has 0 spiro atoms. The fourth-order valence-corrected chi connectivity index (χ4v) is 5.73. The first kappa shape index (κ1) is 14.7. The first-order chi connectivity index (χ1) is 10.1. The zero-order valence-corrected chi connectivity index (χ0v) is 13.0. The van der Waals surface area contributed by atoms with E-state index in [1.807, 2.05) is 0 Å². The maximum absolute atomic E-state index is 12.7. The normalized spacial score (nSPS) is 39.9. The van der Waals surface area contributed by atoms with Gasteiger partial charge in [0.15, 0.2) is 0 Å². The van der Waals surface area contributed by atoms with Gasteiger partial charge >= 0.3 is 0 Å². The molecule has 21 heavy (non-hydrogen) atoms. The lowest BCUT2D eigenvalue weighted by Crippen LogP contribution is -2.56. The first-order valence-corrected chi connectivity index (χ1v) is 8.34. The molecule has 2 atom stereocenters. The summed E-state index contributed by atoms with van der Waals surface area (Å²) in [5.74, 6) is 1.87. The predicted octanol–water partition coefficient (Wildman–Crippen LogP) is 3.80. The highest BCUT2D eigenvalue weighted by Crippen LogP contribution is 2.65. The van der Waals surface area contributed by atoms with Crippen LogP contribution in [0.1, 0.15) is 58.3 Å². The highest BCUT2D eigenvalue weighted by atomic mass is 16.2. The van der Waals surface area contributed by atoms with Gasteiger partial charge in [0.1, 0.15) is 0 Å². The van der Waals surface area contributed by atoms with E-state index in [0.717, 1.165) is 43.9 Å². The molecule has 0 heterocycles. The summed E-state index contributed by atoms with van der Waals surface area (Å²) in [4.78, 5) is 15.5. The van der Waals surface area contributed by atoms with Crippen molar-refractivity contribution < 1.29 is 4.79 Å². The Kier molecular flexibility index (Phi) is 3.87. The molecule has 5 nitrogen and oxygen atoms in total. The topological polar surface area (TPSA) is 77.9 Å². The molecule has 2 unspecified atom stereocenters. The van der Waals surface area contributed by atoms with E-state index in [1.165, 1.54) is 19.3 Å². The first-order valence-electron chi connectivity index (χ1n) is 8.34. The number of amides is 1. The van der Waals surface area contributed by atoms with Gasteiger partial charge in [0.2, 0.25) is 5.91 Å². The average Bonchev–Trinajstić information content (AvgIpc) is 2.39. The molecule has 4 fully saturated rings. The smallest absolute Gasteiger partial charge is 0.226 e. The third-order valence-corrected chi connectivity index (χ3v) is 5.87. The van der Waals surface area contributed by atoms with Crippen molar-refractivity contribution >= 4 is 5.91 Å². The van der Waals surface area contributed by atoms with E-state index in [2.05, 4.69) is 22.3 Å². The van der Waals surface area contributed by atoms with Gasteiger partial charge in [-0.3, -0.25) is 4.79 Å². The summed E-state index contributed by atoms with van der Waals surface area (Å²) in [7, 11) is 0. The van der Waals surface area contributed by atoms with Gasteiger partial charge in [0.25, 0.3) is 0 Å². The van der Waals surface area contributed by atoms with Crippen LogP contribution in [0.4, 0.5) is 0 Å². The van der Waals surface area contributed by atoms with Crippen LogP contribution in [0.2, 0.25) is 0 Å². The van der Waals surface area contributed by atoms with Crippen LogP contribution in [-0.4, -0.2) is 19.0 Å². The molecule has 0 aliphatic heterocycles. The minimum atomic E-state index is -0.0658. The molecular weight excluding hydrogens is 264 g/mol. The summed E-state index contributed by atoms with van der Waals surface area (Å²) in [6, 6.07) is 0. The molecule has 116 valence electrons. The van der Waals surface area contributed by atoms with Crippen molar-refractivity contribution in [2.24, 2.45) is 27.8 Å². The lowest BCUT2D eigenvalue weighted by Gasteiger charge is -2.60. The van der Waals surface area contributed by atoms with E-state index in [-0.39, 0.29) is 5.41 Å². The van der Waals surface area contributed by atoms with Gasteiger partial charge in [-0.25, -0.2) is 0 Å². The Morgan fingerprint density at radius 3 is 2.62 bits per heavy atom. The molecule has 0 aromatic carbocycles. The van der Waals surface area contributed by atoms with Crippen LogP contribution in [0.25, 0.3) is 10.4 Å². The van der Waals surface area contributed by atoms with Crippen molar-refractivity contribution in [2.45, 2.75) is 58.3 Å². The molecule has 1 amide bonds. The Morgan fingerprint density at radius 1 is 1.29 bits per heavy atom. The Labute approximate surface area is 126 Å². The highest BCUT2D eigenvalue weighted by molar-refractivity contribution is 5.83. The summed E-state index contributed by atoms with van der Waals surface area (Å²) in [5.41, 5.74) is 8.57. The van der Waals surface area contributed by atoms with Gasteiger partial charge in [0, 0.05) is 18.0 Å². The number of carbonyl (C=O) groups is 1. The predicted molar refractivity (Wildman–Crippen MR) is 81.5 cm³/mol. The molecule has 5 heteroatoms. The SMILES string of the molecule is CC12CC3CC(C1)CC(C(=O)NCCCCN=[N+]=[N-])(C3)C2. The average molecular weight is 290 g/mol. The van der Waals surface area contributed by atoms with E-state index in [0.29, 0.717) is 24.4 Å². The lowest BCUT2D eigenvalue weighted by molar-refractivity contribution is -0.155. The molecule has 4 aliphatic rings. The molecule has 0 saturated heterocycles. The van der Waals surface area contributed by atoms with Crippen LogP contribution in [-0.2, 0) is 4.79 Å². The van der Waals surface area contributed by atoms with Crippen LogP contribution < -0.4 is 5.32 Å². The van der Waals surface area contributed by atoms with Crippen molar-refractivity contribution in [3.63, 3.8) is 0 Å². The standard InChI is InChI=1S/C16H26N4O/c1-15-7-12-6-13(8-15)10-16(9-12,11-15)14(21)18-4-2-3-5-19-20-17/h12-13H,2-11H2,1H3,(H,18,21). The molecule has 0 aromatic heterocycles. The second-order valence-electron chi connectivity index (χ2n) is 7.97. The van der Waals surface area contributed by atoms with Crippen LogP contribution in [0.15, 0.2) is 5.11 Å². The van der Waals surface area contributed by atoms with E-state index in [1.54, 1.807) is 0 Å². The third kappa shape index (κ3) is 2.89. The minimum absolute atomic E-state index is 0.0658. The third-order valence-electron chi connectivity index (χ3n) is 5.87. The summed E-state index contributed by atoms with van der Waals surface area (Å²) in [5, 5.41) is 6.68. The van der Waals surface area contributed by atoms with E-state index in [4.69, 9.17) is 5.53 Å². The second-order valence-corrected chi connectivity index (χ2v) is 7.97. The Morgan fingerprint density at radius 2 is 2.00 bits per heavy atom. The lowest BCUT2D eigenvalue weighted by atomic mass is 9.44. The summed E-state index contributed by atoms with van der Waals surface area (Å²) in [6.07, 6.45) is 9.10. The summed E-state index contributed by atoms with van der Waals surface area (Å²) >= 11 is 0. The van der Waals surface area contributed by atoms with Crippen LogP contribution in [0.3, 0.4) is 0 Å². The molecule has 0 radical (unpaired) electrons. The van der Waals surface area contributed by atoms with Crippen molar-refractivity contribution in [1.29, 1.82) is 0 Å². The number of nitrogens with one attached hydrogen (secondary N) is 1. The zero-order chi connectivity index (χ0) is 14.9. The van der Waals surface area contributed by atoms with Gasteiger partial charge in [-0.1, -0.05) is 12.0 Å². The summed E-state index contributed by atoms with van der Waals surface area (Å²) in [6.45, 7) is 3.64. The maximum Gasteiger partial charge on any atom is 0.226 e. The van der Waals surface area contributed by atoms with Crippen LogP contribution in [0.5, 0.6) is 0 Å². The fraction of sp³-hybridized carbons (Fsp3) is 0.938. The number of azide groups is 1. The Hall–Kier alpha value is -1.22. The fourth-order valence-electron chi connectivity index (χ4n) is 5.73. The molecular formula is C16H26N4O. The zero-order valence-electron chi connectivity index (χ0n) is 13.0. The van der Waals surface area contributed by atoms with Crippen molar-refractivity contribution in [3.8, 4) is 0 Å². The van der Waals surface area contributed by atoms with Crippen molar-refractivity contribution in [1.82, 2.24) is 5.32 Å². The largest absolute Gasteiger partial charge is 0.356 e. The molecule has 4 aliphatic carbocycles. The number of nitrogens with zero attached hydrogens (tertiary/aromatic N) is 3. The van der Waals surface area contributed by atoms with Gasteiger partial charge < -0.3 is 5.32 Å². The molecule has 4 bridgehead atoms. The van der Waals surface area contributed by atoms with Gasteiger partial charge in [-0.2, -0.15) is 0 Å². The number of unbranched alkanes of at least 4 members (excludes halogenated alkanes) is 1. The molecule has 4 saturated carbocycles. The van der Waals surface area contributed by atoms with E-state index in [9.17, 15) is 4.79 Å². The Bertz CT molecular complexity index is 455. The second kappa shape index (κ2) is 5.53. The number of hydrogen-bond acceptors (Lipinski definition) is 2. The number of hydrogen-bond donors (Lipinski definition) is 1.